The van der Waals surface area contributed by atoms with Crippen LogP contribution in [-0.2, 0) is 21.8 Å². The summed E-state index contributed by atoms with van der Waals surface area (Å²) in [5.41, 5.74) is 0. The lowest BCUT2D eigenvalue weighted by Crippen LogP contribution is -2.28. The fourth-order valence-electron chi connectivity index (χ4n) is 1.81. The summed E-state index contributed by atoms with van der Waals surface area (Å²) >= 11 is 1.02. The Morgan fingerprint density at radius 1 is 1.55 bits per heavy atom. The number of thiophene rings is 1. The second-order valence-corrected chi connectivity index (χ2v) is 7.37. The normalized spacial score (nSPS) is 13.0. The van der Waals surface area contributed by atoms with Crippen LogP contribution in [0.4, 0.5) is 0 Å². The van der Waals surface area contributed by atoms with Gasteiger partial charge >= 0.3 is 5.97 Å². The molecule has 2 aromatic rings. The van der Waals surface area contributed by atoms with Crippen LogP contribution in [0.5, 0.6) is 0 Å². The highest BCUT2D eigenvalue weighted by Crippen LogP contribution is 2.20. The molecule has 120 valence electrons. The molecule has 0 fully saturated rings. The van der Waals surface area contributed by atoms with Gasteiger partial charge in [0, 0.05) is 24.9 Å². The van der Waals surface area contributed by atoms with Crippen LogP contribution >= 0.6 is 11.3 Å². The van der Waals surface area contributed by atoms with Crippen LogP contribution in [0.2, 0.25) is 0 Å². The van der Waals surface area contributed by atoms with E-state index < -0.39 is 16.0 Å². The van der Waals surface area contributed by atoms with Crippen molar-refractivity contribution in [3.05, 3.63) is 28.5 Å². The van der Waals surface area contributed by atoms with Gasteiger partial charge in [0.25, 0.3) is 0 Å². The Hall–Kier alpha value is -1.78. The third-order valence-corrected chi connectivity index (χ3v) is 5.50. The molecule has 2 aromatic heterocycles. The predicted octanol–water partition coefficient (Wildman–Crippen LogP) is 0.745. The van der Waals surface area contributed by atoms with E-state index in [1.54, 1.807) is 17.9 Å². The van der Waals surface area contributed by atoms with Crippen molar-refractivity contribution < 1.29 is 17.9 Å². The number of aromatic nitrogens is 3. The molecule has 2 heterocycles. The van der Waals surface area contributed by atoms with E-state index in [9.17, 15) is 13.2 Å². The minimum absolute atomic E-state index is 0.0445. The van der Waals surface area contributed by atoms with Crippen LogP contribution in [0, 0.1) is 0 Å². The van der Waals surface area contributed by atoms with Gasteiger partial charge in [-0.05, 0) is 6.07 Å². The number of hydrogen-bond donors (Lipinski definition) is 1. The summed E-state index contributed by atoms with van der Waals surface area (Å²) in [6.45, 7) is 2.03. The van der Waals surface area contributed by atoms with Crippen LogP contribution < -0.4 is 4.72 Å². The average Bonchev–Trinajstić information content (AvgIpc) is 3.13. The molecule has 0 radical (unpaired) electrons. The molecule has 0 spiro atoms. The summed E-state index contributed by atoms with van der Waals surface area (Å²) in [6, 6.07) is 1.30. The Morgan fingerprint density at radius 2 is 2.27 bits per heavy atom. The fraction of sp³-hybridized carbons (Fsp3) is 0.417. The summed E-state index contributed by atoms with van der Waals surface area (Å²) in [6.07, 6.45) is 1.56. The first kappa shape index (κ1) is 16.6. The van der Waals surface area contributed by atoms with E-state index in [4.69, 9.17) is 0 Å². The van der Waals surface area contributed by atoms with Gasteiger partial charge in [-0.2, -0.15) is 0 Å². The minimum Gasteiger partial charge on any atom is -0.465 e. The van der Waals surface area contributed by atoms with Crippen LogP contribution in [0.15, 0.2) is 22.7 Å². The number of carbonyl (C=O) groups is 1. The van der Waals surface area contributed by atoms with Crippen LogP contribution in [0.25, 0.3) is 0 Å². The number of sulfonamides is 1. The second-order valence-electron chi connectivity index (χ2n) is 4.69. The molecule has 2 rings (SSSR count). The van der Waals surface area contributed by atoms with Gasteiger partial charge in [-0.1, -0.05) is 6.92 Å². The summed E-state index contributed by atoms with van der Waals surface area (Å²) < 4.78 is 33.2. The Bertz CT molecular complexity index is 766. The van der Waals surface area contributed by atoms with E-state index in [0.29, 0.717) is 5.82 Å². The van der Waals surface area contributed by atoms with Crippen molar-refractivity contribution in [2.75, 3.05) is 13.7 Å². The summed E-state index contributed by atoms with van der Waals surface area (Å²) in [5, 5.41) is 9.11. The third-order valence-electron chi connectivity index (χ3n) is 3.04. The van der Waals surface area contributed by atoms with Crippen LogP contribution in [-0.4, -0.2) is 42.8 Å². The smallest absolute Gasteiger partial charge is 0.348 e. The van der Waals surface area contributed by atoms with Crippen molar-refractivity contribution in [1.82, 2.24) is 19.5 Å². The highest BCUT2D eigenvalue weighted by Gasteiger charge is 2.21. The lowest BCUT2D eigenvalue weighted by Gasteiger charge is -2.11. The molecule has 1 atom stereocenters. The maximum absolute atomic E-state index is 12.2. The number of nitrogens with zero attached hydrogens (tertiary/aromatic N) is 3. The van der Waals surface area contributed by atoms with Crippen molar-refractivity contribution in [1.29, 1.82) is 0 Å². The molecule has 0 aromatic carbocycles. The van der Waals surface area contributed by atoms with Crippen LogP contribution in [0.1, 0.15) is 28.3 Å². The van der Waals surface area contributed by atoms with Gasteiger partial charge < -0.3 is 9.30 Å². The third kappa shape index (κ3) is 3.51. The minimum atomic E-state index is -3.68. The summed E-state index contributed by atoms with van der Waals surface area (Å²) in [4.78, 5) is 11.7. The molecule has 10 heteroatoms. The van der Waals surface area contributed by atoms with E-state index in [1.807, 2.05) is 6.92 Å². The lowest BCUT2D eigenvalue weighted by atomic mass is 10.2. The zero-order valence-corrected chi connectivity index (χ0v) is 13.9. The molecule has 22 heavy (non-hydrogen) atoms. The van der Waals surface area contributed by atoms with E-state index in [2.05, 4.69) is 19.7 Å². The first-order chi connectivity index (χ1) is 10.3. The number of carbonyl (C=O) groups excluding carboxylic acids is 1. The molecular formula is C12H16N4O4S2. The van der Waals surface area contributed by atoms with Gasteiger partial charge in [0.1, 0.15) is 17.0 Å². The molecule has 0 amide bonds. The van der Waals surface area contributed by atoms with Crippen molar-refractivity contribution >= 4 is 27.3 Å². The zero-order valence-electron chi connectivity index (χ0n) is 12.3. The van der Waals surface area contributed by atoms with Gasteiger partial charge in [0.05, 0.1) is 12.0 Å². The quantitative estimate of drug-likeness (QED) is 0.776. The van der Waals surface area contributed by atoms with Crippen LogP contribution in [0.3, 0.4) is 0 Å². The van der Waals surface area contributed by atoms with Crippen molar-refractivity contribution in [2.24, 2.45) is 7.05 Å². The van der Waals surface area contributed by atoms with Gasteiger partial charge in [0.2, 0.25) is 10.0 Å². The number of rotatable bonds is 6. The van der Waals surface area contributed by atoms with Crippen molar-refractivity contribution in [3.63, 3.8) is 0 Å². The number of aryl methyl sites for hydroxylation is 1. The fourth-order valence-corrected chi connectivity index (χ4v) is 4.14. The standard InChI is InChI=1S/C12H16N4O4S2/c1-8(11-15-13-7-16(11)2)5-14-22(18,19)9-4-10(21-6-9)12(17)20-3/h4,6-8,14H,5H2,1-3H3. The Balaban J connectivity index is 2.07. The monoisotopic (exact) mass is 344 g/mol. The Labute approximate surface area is 132 Å². The number of hydrogen-bond acceptors (Lipinski definition) is 7. The highest BCUT2D eigenvalue weighted by molar-refractivity contribution is 7.89. The molecule has 0 aliphatic carbocycles. The first-order valence-electron chi connectivity index (χ1n) is 6.35. The molecular weight excluding hydrogens is 328 g/mol. The number of methoxy groups -OCH3 is 1. The summed E-state index contributed by atoms with van der Waals surface area (Å²) in [7, 11) is -0.644. The molecule has 0 aliphatic rings. The number of ether oxygens (including phenoxy) is 1. The largest absolute Gasteiger partial charge is 0.465 e. The predicted molar refractivity (Wildman–Crippen MR) is 80.3 cm³/mol. The summed E-state index contributed by atoms with van der Waals surface area (Å²) in [5.74, 6) is -0.0110. The molecule has 0 saturated carbocycles. The molecule has 1 unspecified atom stereocenters. The topological polar surface area (TPSA) is 103 Å². The Morgan fingerprint density at radius 3 is 2.86 bits per heavy atom. The zero-order chi connectivity index (χ0) is 16.3. The van der Waals surface area contributed by atoms with Gasteiger partial charge in [-0.25, -0.2) is 17.9 Å². The van der Waals surface area contributed by atoms with Gasteiger partial charge in [0.15, 0.2) is 0 Å². The van der Waals surface area contributed by atoms with E-state index in [0.717, 1.165) is 11.3 Å². The molecule has 1 N–H and O–H groups in total. The molecule has 8 nitrogen and oxygen atoms in total. The molecule has 0 aliphatic heterocycles. The van der Waals surface area contributed by atoms with Gasteiger partial charge in [-0.15, -0.1) is 21.5 Å². The lowest BCUT2D eigenvalue weighted by molar-refractivity contribution is 0.0606. The van der Waals surface area contributed by atoms with E-state index >= 15 is 0 Å². The maximum atomic E-state index is 12.2. The molecule has 0 saturated heterocycles. The Kier molecular flexibility index (Phi) is 4.94. The average molecular weight is 344 g/mol. The first-order valence-corrected chi connectivity index (χ1v) is 8.72. The highest BCUT2D eigenvalue weighted by atomic mass is 32.2. The second kappa shape index (κ2) is 6.55. The number of nitrogens with one attached hydrogen (secondary N) is 1. The van der Waals surface area contributed by atoms with Crippen molar-refractivity contribution in [3.8, 4) is 0 Å². The van der Waals surface area contributed by atoms with Gasteiger partial charge in [-0.3, -0.25) is 0 Å². The molecule has 0 bridgehead atoms. The maximum Gasteiger partial charge on any atom is 0.348 e. The van der Waals surface area contributed by atoms with Crippen molar-refractivity contribution in [2.45, 2.75) is 17.7 Å². The van der Waals surface area contributed by atoms with E-state index in [1.165, 1.54) is 18.6 Å². The van der Waals surface area contributed by atoms with E-state index in [-0.39, 0.29) is 22.2 Å². The SMILES string of the molecule is COC(=O)c1cc(S(=O)(=O)NCC(C)c2nncn2C)cs1. The number of esters is 1.